The number of benzene rings is 1. The molecule has 1 unspecified atom stereocenters. The van der Waals surface area contributed by atoms with Crippen molar-refractivity contribution >= 4 is 23.2 Å². The Morgan fingerprint density at radius 1 is 1.14 bits per heavy atom. The highest BCUT2D eigenvalue weighted by Crippen LogP contribution is 2.31. The zero-order valence-electron chi connectivity index (χ0n) is 13.5. The number of hydrogen-bond acceptors (Lipinski definition) is 2. The summed E-state index contributed by atoms with van der Waals surface area (Å²) in [6, 6.07) is 5.86. The van der Waals surface area contributed by atoms with E-state index >= 15 is 0 Å². The topological polar surface area (TPSA) is 21.3 Å². The van der Waals surface area contributed by atoms with Crippen LogP contribution >= 0.6 is 23.2 Å². The second-order valence-corrected chi connectivity index (χ2v) is 6.20. The third kappa shape index (κ3) is 4.59. The fourth-order valence-electron chi connectivity index (χ4n) is 2.87. The van der Waals surface area contributed by atoms with E-state index < -0.39 is 0 Å². The summed E-state index contributed by atoms with van der Waals surface area (Å²) in [5, 5.41) is 5.07. The van der Waals surface area contributed by atoms with Gasteiger partial charge >= 0.3 is 0 Å². The Morgan fingerprint density at radius 2 is 1.71 bits per heavy atom. The monoisotopic (exact) mass is 331 g/mol. The van der Waals surface area contributed by atoms with E-state index in [1.165, 1.54) is 0 Å². The molecule has 4 heteroatoms. The van der Waals surface area contributed by atoms with Crippen molar-refractivity contribution in [2.75, 3.05) is 13.7 Å². The summed E-state index contributed by atoms with van der Waals surface area (Å²) in [6.45, 7) is 7.46. The molecule has 1 N–H and O–H groups in total. The maximum atomic E-state index is 6.33. The number of ether oxygens (including phenoxy) is 1. The van der Waals surface area contributed by atoms with Crippen LogP contribution in [0.4, 0.5) is 0 Å². The lowest BCUT2D eigenvalue weighted by atomic mass is 9.84. The van der Waals surface area contributed by atoms with Gasteiger partial charge in [0.2, 0.25) is 0 Å². The normalized spacial score (nSPS) is 13.4. The van der Waals surface area contributed by atoms with Crippen molar-refractivity contribution in [1.29, 1.82) is 0 Å². The molecular weight excluding hydrogens is 305 g/mol. The van der Waals surface area contributed by atoms with Gasteiger partial charge in [-0.05, 0) is 49.9 Å². The quantitative estimate of drug-likeness (QED) is 0.678. The average Bonchev–Trinajstić information content (AvgIpc) is 2.49. The highest BCUT2D eigenvalue weighted by molar-refractivity contribution is 6.36. The predicted molar refractivity (Wildman–Crippen MR) is 92.6 cm³/mol. The van der Waals surface area contributed by atoms with Crippen LogP contribution < -0.4 is 5.32 Å². The van der Waals surface area contributed by atoms with Crippen molar-refractivity contribution in [3.8, 4) is 0 Å². The van der Waals surface area contributed by atoms with Gasteiger partial charge in [0, 0.05) is 23.2 Å². The third-order valence-corrected chi connectivity index (χ3v) is 5.06. The van der Waals surface area contributed by atoms with E-state index in [0.717, 1.165) is 47.8 Å². The Hall–Kier alpha value is -0.280. The molecule has 0 saturated carbocycles. The Balaban J connectivity index is 3.08. The van der Waals surface area contributed by atoms with Gasteiger partial charge in [0.25, 0.3) is 0 Å². The van der Waals surface area contributed by atoms with Crippen LogP contribution in [0.2, 0.25) is 10.0 Å². The van der Waals surface area contributed by atoms with Gasteiger partial charge in [-0.15, -0.1) is 0 Å². The minimum Gasteiger partial charge on any atom is -0.377 e. The van der Waals surface area contributed by atoms with Gasteiger partial charge in [-0.1, -0.05) is 50.0 Å². The number of rotatable bonds is 9. The molecule has 120 valence electrons. The molecule has 0 aliphatic heterocycles. The van der Waals surface area contributed by atoms with E-state index in [4.69, 9.17) is 27.9 Å². The standard InChI is InChI=1S/C17H27Cl2NO/c1-5-11-20-16(17(6-2,7-3)21-4)12-13-14(18)9-8-10-15(13)19/h8-10,16,20H,5-7,11-12H2,1-4H3. The first-order chi connectivity index (χ1) is 10.0. The summed E-state index contributed by atoms with van der Waals surface area (Å²) in [6.07, 6.45) is 3.75. The van der Waals surface area contributed by atoms with Gasteiger partial charge in [0.05, 0.1) is 5.60 Å². The van der Waals surface area contributed by atoms with Gasteiger partial charge in [-0.3, -0.25) is 0 Å². The lowest BCUT2D eigenvalue weighted by Gasteiger charge is -2.39. The summed E-state index contributed by atoms with van der Waals surface area (Å²) in [5.74, 6) is 0. The molecule has 0 heterocycles. The van der Waals surface area contributed by atoms with Crippen LogP contribution in [0.25, 0.3) is 0 Å². The first-order valence-corrected chi connectivity index (χ1v) is 8.51. The van der Waals surface area contributed by atoms with Crippen LogP contribution in [0.3, 0.4) is 0 Å². The highest BCUT2D eigenvalue weighted by Gasteiger charge is 2.36. The second-order valence-electron chi connectivity index (χ2n) is 5.39. The van der Waals surface area contributed by atoms with Crippen LogP contribution in [0.5, 0.6) is 0 Å². The number of halogens is 2. The molecule has 1 atom stereocenters. The van der Waals surface area contributed by atoms with Crippen LogP contribution in [0.15, 0.2) is 18.2 Å². The van der Waals surface area contributed by atoms with Crippen molar-refractivity contribution in [3.05, 3.63) is 33.8 Å². The Labute approximate surface area is 139 Å². The molecule has 0 radical (unpaired) electrons. The summed E-state index contributed by atoms with van der Waals surface area (Å²) >= 11 is 12.7. The molecule has 1 aromatic carbocycles. The molecule has 0 bridgehead atoms. The van der Waals surface area contributed by atoms with Crippen molar-refractivity contribution in [1.82, 2.24) is 5.32 Å². The lowest BCUT2D eigenvalue weighted by molar-refractivity contribution is -0.0471. The third-order valence-electron chi connectivity index (χ3n) is 4.35. The van der Waals surface area contributed by atoms with Crippen LogP contribution in [0.1, 0.15) is 45.6 Å². The minimum absolute atomic E-state index is 0.190. The Kier molecular flexibility index (Phi) is 8.04. The average molecular weight is 332 g/mol. The van der Waals surface area contributed by atoms with Crippen molar-refractivity contribution in [2.24, 2.45) is 0 Å². The molecule has 0 aliphatic carbocycles. The first kappa shape index (κ1) is 18.8. The van der Waals surface area contributed by atoms with Gasteiger partial charge in [0.1, 0.15) is 0 Å². The van der Waals surface area contributed by atoms with Gasteiger partial charge < -0.3 is 10.1 Å². The summed E-state index contributed by atoms with van der Waals surface area (Å²) < 4.78 is 5.90. The smallest absolute Gasteiger partial charge is 0.0829 e. The van der Waals surface area contributed by atoms with Crippen LogP contribution in [-0.2, 0) is 11.2 Å². The van der Waals surface area contributed by atoms with Gasteiger partial charge in [0.15, 0.2) is 0 Å². The van der Waals surface area contributed by atoms with Gasteiger partial charge in [-0.25, -0.2) is 0 Å². The Morgan fingerprint density at radius 3 is 2.14 bits per heavy atom. The Bertz CT molecular complexity index is 404. The molecule has 0 amide bonds. The molecule has 0 aliphatic rings. The predicted octanol–water partition coefficient (Wildman–Crippen LogP) is 5.11. The number of nitrogens with one attached hydrogen (secondary N) is 1. The van der Waals surface area contributed by atoms with Crippen molar-refractivity contribution < 1.29 is 4.74 Å². The second kappa shape index (κ2) is 8.99. The lowest BCUT2D eigenvalue weighted by Crippen LogP contribution is -2.53. The molecule has 1 rings (SSSR count). The molecule has 0 fully saturated rings. The van der Waals surface area contributed by atoms with Crippen molar-refractivity contribution in [2.45, 2.75) is 58.1 Å². The van der Waals surface area contributed by atoms with Crippen LogP contribution in [0, 0.1) is 0 Å². The van der Waals surface area contributed by atoms with E-state index in [1.807, 2.05) is 18.2 Å². The fraction of sp³-hybridized carbons (Fsp3) is 0.647. The van der Waals surface area contributed by atoms with E-state index in [1.54, 1.807) is 7.11 Å². The first-order valence-electron chi connectivity index (χ1n) is 7.76. The molecule has 0 aromatic heterocycles. The molecule has 0 spiro atoms. The largest absolute Gasteiger partial charge is 0.377 e. The molecule has 1 aromatic rings. The summed E-state index contributed by atoms with van der Waals surface area (Å²) in [7, 11) is 1.79. The van der Waals surface area contributed by atoms with Crippen LogP contribution in [-0.4, -0.2) is 25.3 Å². The number of methoxy groups -OCH3 is 1. The van der Waals surface area contributed by atoms with Gasteiger partial charge in [-0.2, -0.15) is 0 Å². The highest BCUT2D eigenvalue weighted by atomic mass is 35.5. The van der Waals surface area contributed by atoms with E-state index in [0.29, 0.717) is 0 Å². The zero-order chi connectivity index (χ0) is 15.9. The van der Waals surface area contributed by atoms with Crippen molar-refractivity contribution in [3.63, 3.8) is 0 Å². The van der Waals surface area contributed by atoms with E-state index in [2.05, 4.69) is 26.1 Å². The van der Waals surface area contributed by atoms with E-state index in [-0.39, 0.29) is 11.6 Å². The SMILES string of the molecule is CCCNC(Cc1c(Cl)cccc1Cl)C(CC)(CC)OC. The maximum absolute atomic E-state index is 6.33. The summed E-state index contributed by atoms with van der Waals surface area (Å²) in [5.41, 5.74) is 0.801. The number of hydrogen-bond donors (Lipinski definition) is 1. The fourth-order valence-corrected chi connectivity index (χ4v) is 3.42. The molecule has 21 heavy (non-hydrogen) atoms. The molecular formula is C17H27Cl2NO. The molecule has 2 nitrogen and oxygen atoms in total. The zero-order valence-corrected chi connectivity index (χ0v) is 15.0. The maximum Gasteiger partial charge on any atom is 0.0829 e. The summed E-state index contributed by atoms with van der Waals surface area (Å²) in [4.78, 5) is 0. The van der Waals surface area contributed by atoms with E-state index in [9.17, 15) is 0 Å². The molecule has 0 saturated heterocycles. The minimum atomic E-state index is -0.197.